The molecule has 5 nitrogen and oxygen atoms in total. The van der Waals surface area contributed by atoms with Crippen LogP contribution in [0.4, 0.5) is 0 Å². The fraction of sp³-hybridized carbons (Fsp3) is 0.920. The molecule has 3 N–H and O–H groups in total. The van der Waals surface area contributed by atoms with Gasteiger partial charge in [0.2, 0.25) is 0 Å². The summed E-state index contributed by atoms with van der Waals surface area (Å²) in [7, 11) is 0. The summed E-state index contributed by atoms with van der Waals surface area (Å²) in [4.78, 5) is 0. The molecule has 5 heteroatoms. The first-order chi connectivity index (χ1) is 14.7. The van der Waals surface area contributed by atoms with E-state index >= 15 is 0 Å². The van der Waals surface area contributed by atoms with Crippen molar-refractivity contribution in [2.45, 2.75) is 128 Å². The lowest BCUT2D eigenvalue weighted by Crippen LogP contribution is -2.42. The summed E-state index contributed by atoms with van der Waals surface area (Å²) in [5.74, 6) is 0. The molecule has 0 radical (unpaired) electrons. The Morgan fingerprint density at radius 2 is 1.37 bits per heavy atom. The minimum atomic E-state index is -0.983. The number of aliphatic hydroxyl groups excluding tert-OH is 3. The third kappa shape index (κ3) is 13.1. The highest BCUT2D eigenvalue weighted by atomic mass is 16.6. The highest BCUT2D eigenvalue weighted by Gasteiger charge is 2.40. The van der Waals surface area contributed by atoms with E-state index in [-0.39, 0.29) is 13.2 Å². The van der Waals surface area contributed by atoms with E-state index in [9.17, 15) is 15.3 Å². The molecule has 0 saturated carbocycles. The van der Waals surface area contributed by atoms with Crippen molar-refractivity contribution in [3.05, 3.63) is 12.2 Å². The zero-order chi connectivity index (χ0) is 21.9. The first-order valence-electron chi connectivity index (χ1n) is 12.6. The molecule has 0 bridgehead atoms. The highest BCUT2D eigenvalue weighted by Crippen LogP contribution is 2.20. The third-order valence-electron chi connectivity index (χ3n) is 5.97. The SMILES string of the molecule is CCCCCCCCCCCC/C=C/CCCCCO[C@@H](CO)[C@@H]1OC[C@@H](O)[C@@H]1O. The van der Waals surface area contributed by atoms with E-state index in [1.165, 1.54) is 70.6 Å². The van der Waals surface area contributed by atoms with Gasteiger partial charge < -0.3 is 24.8 Å². The second-order valence-corrected chi connectivity index (χ2v) is 8.74. The summed E-state index contributed by atoms with van der Waals surface area (Å²) < 4.78 is 11.0. The van der Waals surface area contributed by atoms with Crippen molar-refractivity contribution in [3.63, 3.8) is 0 Å². The molecule has 1 aliphatic rings. The molecule has 0 amide bonds. The lowest BCUT2D eigenvalue weighted by atomic mass is 10.1. The van der Waals surface area contributed by atoms with Gasteiger partial charge in [-0.15, -0.1) is 0 Å². The zero-order valence-corrected chi connectivity index (χ0v) is 19.4. The van der Waals surface area contributed by atoms with Gasteiger partial charge in [0.1, 0.15) is 24.4 Å². The molecule has 0 unspecified atom stereocenters. The van der Waals surface area contributed by atoms with Gasteiger partial charge in [-0.25, -0.2) is 0 Å². The molecule has 178 valence electrons. The van der Waals surface area contributed by atoms with Crippen molar-refractivity contribution in [2.75, 3.05) is 19.8 Å². The van der Waals surface area contributed by atoms with Crippen LogP contribution in [0.1, 0.15) is 103 Å². The van der Waals surface area contributed by atoms with Crippen LogP contribution in [0.2, 0.25) is 0 Å². The molecule has 1 heterocycles. The molecule has 0 aromatic rings. The van der Waals surface area contributed by atoms with E-state index in [0.29, 0.717) is 6.61 Å². The molecular weight excluding hydrogens is 380 g/mol. The molecule has 0 aromatic carbocycles. The summed E-state index contributed by atoms with van der Waals surface area (Å²) in [6, 6.07) is 0. The minimum Gasteiger partial charge on any atom is -0.394 e. The average molecular weight is 429 g/mol. The lowest BCUT2D eigenvalue weighted by molar-refractivity contribution is -0.101. The van der Waals surface area contributed by atoms with Gasteiger partial charge in [0.25, 0.3) is 0 Å². The second kappa shape index (κ2) is 19.2. The molecule has 0 aliphatic carbocycles. The van der Waals surface area contributed by atoms with Crippen LogP contribution in [0, 0.1) is 0 Å². The number of aliphatic hydroxyl groups is 3. The minimum absolute atomic E-state index is 0.0944. The number of ether oxygens (including phenoxy) is 2. The largest absolute Gasteiger partial charge is 0.394 e. The topological polar surface area (TPSA) is 79.2 Å². The maximum Gasteiger partial charge on any atom is 0.114 e. The third-order valence-corrected chi connectivity index (χ3v) is 5.97. The van der Waals surface area contributed by atoms with E-state index in [1.54, 1.807) is 0 Å². The fourth-order valence-electron chi connectivity index (χ4n) is 3.97. The Balaban J connectivity index is 1.85. The maximum atomic E-state index is 9.84. The van der Waals surface area contributed by atoms with Crippen LogP contribution in [-0.4, -0.2) is 59.6 Å². The van der Waals surface area contributed by atoms with Gasteiger partial charge in [-0.05, 0) is 32.1 Å². The molecule has 1 rings (SSSR count). The fourth-order valence-corrected chi connectivity index (χ4v) is 3.97. The van der Waals surface area contributed by atoms with Crippen LogP contribution >= 0.6 is 0 Å². The van der Waals surface area contributed by atoms with Crippen molar-refractivity contribution >= 4 is 0 Å². The summed E-state index contributed by atoms with van der Waals surface area (Å²) >= 11 is 0. The number of rotatable bonds is 20. The summed E-state index contributed by atoms with van der Waals surface area (Å²) in [6.45, 7) is 2.69. The van der Waals surface area contributed by atoms with Crippen LogP contribution in [0.3, 0.4) is 0 Å². The number of hydrogen-bond donors (Lipinski definition) is 3. The van der Waals surface area contributed by atoms with Gasteiger partial charge in [0, 0.05) is 6.61 Å². The zero-order valence-electron chi connectivity index (χ0n) is 19.4. The van der Waals surface area contributed by atoms with Crippen molar-refractivity contribution < 1.29 is 24.8 Å². The Bertz CT molecular complexity index is 401. The van der Waals surface area contributed by atoms with E-state index in [1.807, 2.05) is 0 Å². The van der Waals surface area contributed by atoms with E-state index in [4.69, 9.17) is 9.47 Å². The molecular formula is C25H48O5. The van der Waals surface area contributed by atoms with Crippen molar-refractivity contribution in [1.82, 2.24) is 0 Å². The van der Waals surface area contributed by atoms with Crippen LogP contribution in [0.15, 0.2) is 12.2 Å². The molecule has 0 spiro atoms. The first-order valence-corrected chi connectivity index (χ1v) is 12.6. The van der Waals surface area contributed by atoms with E-state index in [0.717, 1.165) is 25.7 Å². The number of unbranched alkanes of at least 4 members (excludes halogenated alkanes) is 13. The van der Waals surface area contributed by atoms with Crippen molar-refractivity contribution in [1.29, 1.82) is 0 Å². The first kappa shape index (κ1) is 27.6. The van der Waals surface area contributed by atoms with Gasteiger partial charge in [0.05, 0.1) is 13.2 Å². The van der Waals surface area contributed by atoms with Crippen molar-refractivity contribution in [2.24, 2.45) is 0 Å². The average Bonchev–Trinajstić information content (AvgIpc) is 3.08. The summed E-state index contributed by atoms with van der Waals surface area (Å²) in [5.41, 5.74) is 0. The van der Waals surface area contributed by atoms with Crippen molar-refractivity contribution in [3.8, 4) is 0 Å². The number of allylic oxidation sites excluding steroid dienone is 2. The molecule has 1 saturated heterocycles. The molecule has 1 fully saturated rings. The standard InChI is InChI=1S/C25H48O5/c1-2-3-4-5-6-7-8-9-10-11-12-13-14-15-16-17-18-19-29-23(20-26)25-24(28)22(27)21-30-25/h13-14,22-28H,2-12,15-21H2,1H3/b14-13+/t22-,23+,24+,25+/m1/s1. The Kier molecular flexibility index (Phi) is 17.7. The summed E-state index contributed by atoms with van der Waals surface area (Å²) in [6.07, 6.45) is 20.9. The van der Waals surface area contributed by atoms with Gasteiger partial charge in [-0.1, -0.05) is 83.3 Å². The molecule has 0 aromatic heterocycles. The molecule has 30 heavy (non-hydrogen) atoms. The Hall–Kier alpha value is -0.460. The quantitative estimate of drug-likeness (QED) is 0.190. The van der Waals surface area contributed by atoms with Crippen LogP contribution in [0.5, 0.6) is 0 Å². The van der Waals surface area contributed by atoms with Gasteiger partial charge in [-0.3, -0.25) is 0 Å². The Labute approximate surface area is 184 Å². The second-order valence-electron chi connectivity index (χ2n) is 8.74. The molecule has 4 atom stereocenters. The predicted molar refractivity (Wildman–Crippen MR) is 123 cm³/mol. The normalized spacial score (nSPS) is 22.9. The summed E-state index contributed by atoms with van der Waals surface area (Å²) in [5, 5.41) is 28.8. The van der Waals surface area contributed by atoms with Crippen LogP contribution in [0.25, 0.3) is 0 Å². The Morgan fingerprint density at radius 1 is 0.833 bits per heavy atom. The molecule has 1 aliphatic heterocycles. The van der Waals surface area contributed by atoms with Gasteiger partial charge in [-0.2, -0.15) is 0 Å². The van der Waals surface area contributed by atoms with Gasteiger partial charge >= 0.3 is 0 Å². The monoisotopic (exact) mass is 428 g/mol. The number of hydrogen-bond acceptors (Lipinski definition) is 5. The van der Waals surface area contributed by atoms with E-state index in [2.05, 4.69) is 19.1 Å². The highest BCUT2D eigenvalue weighted by molar-refractivity contribution is 4.88. The predicted octanol–water partition coefficient (Wildman–Crippen LogP) is 4.91. The Morgan fingerprint density at radius 3 is 1.87 bits per heavy atom. The van der Waals surface area contributed by atoms with Crippen LogP contribution in [-0.2, 0) is 9.47 Å². The van der Waals surface area contributed by atoms with Crippen LogP contribution < -0.4 is 0 Å². The van der Waals surface area contributed by atoms with Gasteiger partial charge in [0.15, 0.2) is 0 Å². The van der Waals surface area contributed by atoms with E-state index < -0.39 is 24.4 Å². The lowest BCUT2D eigenvalue weighted by Gasteiger charge is -2.24. The smallest absolute Gasteiger partial charge is 0.114 e. The maximum absolute atomic E-state index is 9.84.